The zero-order chi connectivity index (χ0) is 32.8. The first-order chi connectivity index (χ1) is 22.0. The highest BCUT2D eigenvalue weighted by Crippen LogP contribution is 2.40. The number of carbonyl (C=O) groups excluding carboxylic acids is 3. The molecule has 13 heteroatoms. The van der Waals surface area contributed by atoms with Crippen molar-refractivity contribution in [3.05, 3.63) is 89.5 Å². The smallest absolute Gasteiger partial charge is 0.392 e. The Balaban J connectivity index is 1.27. The van der Waals surface area contributed by atoms with E-state index in [1.165, 1.54) is 6.92 Å². The molecule has 3 aromatic rings. The first-order valence-electron chi connectivity index (χ1n) is 14.8. The van der Waals surface area contributed by atoms with Crippen LogP contribution in [0.1, 0.15) is 55.3 Å². The van der Waals surface area contributed by atoms with Crippen molar-refractivity contribution in [1.29, 1.82) is 0 Å². The van der Waals surface area contributed by atoms with Gasteiger partial charge in [-0.1, -0.05) is 36.4 Å². The van der Waals surface area contributed by atoms with E-state index in [1.54, 1.807) is 36.0 Å². The summed E-state index contributed by atoms with van der Waals surface area (Å²) >= 11 is 1.61. The molecule has 0 spiro atoms. The monoisotopic (exact) mass is 657 g/mol. The summed E-state index contributed by atoms with van der Waals surface area (Å²) in [5.74, 6) is -2.22. The zero-order valence-electron chi connectivity index (χ0n) is 25.0. The molecule has 5 rings (SSSR count). The highest BCUT2D eigenvalue weighted by molar-refractivity contribution is 7.99. The van der Waals surface area contributed by atoms with Crippen LogP contribution in [-0.4, -0.2) is 58.3 Å². The molecule has 3 N–H and O–H groups in total. The van der Waals surface area contributed by atoms with Crippen molar-refractivity contribution in [2.45, 2.75) is 68.4 Å². The fourth-order valence-electron chi connectivity index (χ4n) is 5.44. The second kappa shape index (κ2) is 14.7. The Hall–Kier alpha value is -3.91. The van der Waals surface area contributed by atoms with Gasteiger partial charge >= 0.3 is 12.1 Å². The van der Waals surface area contributed by atoms with Crippen LogP contribution in [0.25, 0.3) is 0 Å². The van der Waals surface area contributed by atoms with Crippen LogP contribution in [0.4, 0.5) is 24.5 Å². The molecular formula is C33H34F3N3O6S. The molecule has 46 heavy (non-hydrogen) atoms. The Morgan fingerprint density at radius 2 is 1.54 bits per heavy atom. The Bertz CT molecular complexity index is 1520. The first kappa shape index (κ1) is 33.5. The van der Waals surface area contributed by atoms with E-state index in [0.717, 1.165) is 16.0 Å². The summed E-state index contributed by atoms with van der Waals surface area (Å²) in [5, 5.41) is 14.8. The average Bonchev–Trinajstić information content (AvgIpc) is 3.54. The van der Waals surface area contributed by atoms with Gasteiger partial charge in [0.15, 0.2) is 6.29 Å². The van der Waals surface area contributed by atoms with Crippen LogP contribution in [0.5, 0.6) is 0 Å². The van der Waals surface area contributed by atoms with E-state index in [4.69, 9.17) is 9.47 Å². The van der Waals surface area contributed by atoms with Gasteiger partial charge in [-0.2, -0.15) is 13.2 Å². The van der Waals surface area contributed by atoms with E-state index in [9.17, 15) is 32.7 Å². The van der Waals surface area contributed by atoms with E-state index in [2.05, 4.69) is 10.6 Å². The van der Waals surface area contributed by atoms with Crippen molar-refractivity contribution in [2.24, 2.45) is 0 Å². The minimum atomic E-state index is -5.04. The fraction of sp³-hybridized carbons (Fsp3) is 0.364. The number of aliphatic hydroxyl groups excluding tert-OH is 1. The van der Waals surface area contributed by atoms with Gasteiger partial charge in [-0.3, -0.25) is 14.4 Å². The maximum Gasteiger partial charge on any atom is 0.471 e. The predicted octanol–water partition coefficient (Wildman–Crippen LogP) is 5.97. The number of aliphatic hydroxyl groups is 1. The SMILES string of the molecule is CC(=O)Nc1ccc(SCC2CC(c3ccc(CO)cc3)OC(c3ccc(NC(=O)C4CCCN4C(=O)C(F)(F)F)cc3)O2)cc1. The summed E-state index contributed by atoms with van der Waals surface area (Å²) in [5.41, 5.74) is 3.46. The Kier molecular flexibility index (Phi) is 10.7. The topological polar surface area (TPSA) is 117 Å². The number of nitrogens with one attached hydrogen (secondary N) is 2. The summed E-state index contributed by atoms with van der Waals surface area (Å²) in [7, 11) is 0. The van der Waals surface area contributed by atoms with E-state index < -0.39 is 30.3 Å². The van der Waals surface area contributed by atoms with Crippen LogP contribution < -0.4 is 10.6 Å². The molecule has 244 valence electrons. The molecule has 4 unspecified atom stereocenters. The number of thioether (sulfide) groups is 1. The van der Waals surface area contributed by atoms with Crippen molar-refractivity contribution in [3.8, 4) is 0 Å². The number of carbonyl (C=O) groups is 3. The molecule has 2 aliphatic rings. The highest BCUT2D eigenvalue weighted by Gasteiger charge is 2.47. The van der Waals surface area contributed by atoms with Crippen LogP contribution in [-0.2, 0) is 30.5 Å². The number of rotatable bonds is 9. The molecule has 2 heterocycles. The number of amides is 3. The van der Waals surface area contributed by atoms with Gasteiger partial charge in [-0.05, 0) is 60.4 Å². The van der Waals surface area contributed by atoms with Crippen LogP contribution in [0.15, 0.2) is 77.7 Å². The molecule has 2 saturated heterocycles. The largest absolute Gasteiger partial charge is 0.471 e. The number of likely N-dealkylation sites (tertiary alicyclic amines) is 1. The van der Waals surface area contributed by atoms with E-state index >= 15 is 0 Å². The third-order valence-electron chi connectivity index (χ3n) is 7.73. The lowest BCUT2D eigenvalue weighted by atomic mass is 10.0. The van der Waals surface area contributed by atoms with E-state index in [-0.39, 0.29) is 37.7 Å². The van der Waals surface area contributed by atoms with Crippen LogP contribution in [0.3, 0.4) is 0 Å². The molecule has 4 atom stereocenters. The van der Waals surface area contributed by atoms with Gasteiger partial charge in [0.1, 0.15) is 6.04 Å². The van der Waals surface area contributed by atoms with E-state index in [1.807, 2.05) is 48.5 Å². The molecule has 0 bridgehead atoms. The van der Waals surface area contributed by atoms with Gasteiger partial charge in [-0.25, -0.2) is 0 Å². The molecule has 0 saturated carbocycles. The molecular weight excluding hydrogens is 623 g/mol. The molecule has 0 radical (unpaired) electrons. The summed E-state index contributed by atoms with van der Waals surface area (Å²) in [6.45, 7) is 1.25. The molecule has 3 amide bonds. The molecule has 2 aliphatic heterocycles. The number of benzene rings is 3. The highest BCUT2D eigenvalue weighted by atomic mass is 32.2. The normalized spacial score (nSPS) is 21.5. The minimum Gasteiger partial charge on any atom is -0.392 e. The quantitative estimate of drug-likeness (QED) is 0.243. The lowest BCUT2D eigenvalue weighted by Gasteiger charge is -2.36. The Morgan fingerprint density at radius 1 is 0.913 bits per heavy atom. The molecule has 9 nitrogen and oxygen atoms in total. The van der Waals surface area contributed by atoms with Gasteiger partial charge in [0.25, 0.3) is 0 Å². The Labute approximate surface area is 268 Å². The van der Waals surface area contributed by atoms with Crippen LogP contribution >= 0.6 is 11.8 Å². The van der Waals surface area contributed by atoms with Crippen molar-refractivity contribution < 1.29 is 42.1 Å². The van der Waals surface area contributed by atoms with Crippen LogP contribution in [0, 0.1) is 0 Å². The number of ether oxygens (including phenoxy) is 2. The van der Waals surface area contributed by atoms with Crippen molar-refractivity contribution in [3.63, 3.8) is 0 Å². The predicted molar refractivity (Wildman–Crippen MR) is 166 cm³/mol. The van der Waals surface area contributed by atoms with Crippen LogP contribution in [0.2, 0.25) is 0 Å². The van der Waals surface area contributed by atoms with E-state index in [0.29, 0.717) is 40.4 Å². The molecule has 0 aliphatic carbocycles. The number of hydrogen-bond donors (Lipinski definition) is 3. The third kappa shape index (κ3) is 8.46. The molecule has 3 aromatic carbocycles. The number of anilines is 2. The van der Waals surface area contributed by atoms with Gasteiger partial charge < -0.3 is 30.1 Å². The number of alkyl halides is 3. The molecule has 0 aromatic heterocycles. The summed E-state index contributed by atoms with van der Waals surface area (Å²) < 4.78 is 51.7. The van der Waals surface area contributed by atoms with Gasteiger partial charge in [-0.15, -0.1) is 11.8 Å². The first-order valence-corrected chi connectivity index (χ1v) is 15.8. The number of hydrogen-bond acceptors (Lipinski definition) is 7. The minimum absolute atomic E-state index is 0.0716. The summed E-state index contributed by atoms with van der Waals surface area (Å²) in [6.07, 6.45) is -5.27. The van der Waals surface area contributed by atoms with Gasteiger partial charge in [0.05, 0.1) is 18.8 Å². The lowest BCUT2D eigenvalue weighted by molar-refractivity contribution is -0.245. The van der Waals surface area contributed by atoms with Gasteiger partial charge in [0, 0.05) is 47.5 Å². The van der Waals surface area contributed by atoms with Gasteiger partial charge in [0.2, 0.25) is 11.8 Å². The standard InChI is InChI=1S/C33H34F3N3O6S/c1-20(41)37-24-12-14-27(15-13-24)46-19-26-17-29(22-6-4-21(18-40)5-7-22)45-31(44-26)23-8-10-25(11-9-23)38-30(42)28-3-2-16-39(28)32(43)33(34,35)36/h4-15,26,28-29,31,40H,2-3,16-19H2,1H3,(H,37,41)(H,38,42). The summed E-state index contributed by atoms with van der Waals surface area (Å²) in [4.78, 5) is 37.5. The fourth-order valence-corrected chi connectivity index (χ4v) is 6.37. The van der Waals surface area contributed by atoms with Crippen molar-refractivity contribution in [2.75, 3.05) is 22.9 Å². The lowest BCUT2D eigenvalue weighted by Crippen LogP contribution is -2.48. The van der Waals surface area contributed by atoms with Crippen molar-refractivity contribution >= 4 is 40.9 Å². The number of nitrogens with zero attached hydrogens (tertiary/aromatic N) is 1. The Morgan fingerprint density at radius 3 is 2.17 bits per heavy atom. The number of halogens is 3. The zero-order valence-corrected chi connectivity index (χ0v) is 25.8. The second-order valence-corrected chi connectivity index (χ2v) is 12.2. The average molecular weight is 658 g/mol. The second-order valence-electron chi connectivity index (χ2n) is 11.1. The third-order valence-corrected chi connectivity index (χ3v) is 8.88. The molecule has 2 fully saturated rings. The maximum atomic E-state index is 13.0. The van der Waals surface area contributed by atoms with Crippen molar-refractivity contribution in [1.82, 2.24) is 4.90 Å². The maximum absolute atomic E-state index is 13.0. The summed E-state index contributed by atoms with van der Waals surface area (Å²) in [6, 6.07) is 20.5.